The van der Waals surface area contributed by atoms with Crippen LogP contribution in [0, 0.1) is 6.92 Å². The van der Waals surface area contributed by atoms with Gasteiger partial charge in [-0.2, -0.15) is 0 Å². The number of amides is 1. The molecule has 2 aromatic heterocycles. The molecule has 0 aliphatic carbocycles. The van der Waals surface area contributed by atoms with Crippen molar-refractivity contribution in [3.8, 4) is 0 Å². The number of nitrogens with zero attached hydrogens (tertiary/aromatic N) is 6. The van der Waals surface area contributed by atoms with Crippen LogP contribution in [-0.2, 0) is 17.9 Å². The molecule has 0 saturated carbocycles. The lowest BCUT2D eigenvalue weighted by atomic mass is 10.2. The molecule has 7 nitrogen and oxygen atoms in total. The Balaban J connectivity index is 1.38. The molecule has 0 unspecified atom stereocenters. The predicted molar refractivity (Wildman–Crippen MR) is 118 cm³/mol. The second-order valence-corrected chi connectivity index (χ2v) is 8.35. The number of thiazole rings is 1. The van der Waals surface area contributed by atoms with Gasteiger partial charge in [0.15, 0.2) is 0 Å². The highest BCUT2D eigenvalue weighted by Gasteiger charge is 2.23. The van der Waals surface area contributed by atoms with Gasteiger partial charge in [-0.15, -0.1) is 11.3 Å². The fourth-order valence-corrected chi connectivity index (χ4v) is 4.33. The van der Waals surface area contributed by atoms with Crippen LogP contribution in [0.3, 0.4) is 0 Å². The zero-order valence-corrected chi connectivity index (χ0v) is 18.0. The van der Waals surface area contributed by atoms with Gasteiger partial charge >= 0.3 is 0 Å². The van der Waals surface area contributed by atoms with Gasteiger partial charge in [0.1, 0.15) is 0 Å². The largest absolute Gasteiger partial charge is 0.338 e. The summed E-state index contributed by atoms with van der Waals surface area (Å²) in [5, 5.41) is 0. The van der Waals surface area contributed by atoms with Crippen molar-refractivity contribution in [3.05, 3.63) is 70.4 Å². The van der Waals surface area contributed by atoms with E-state index in [-0.39, 0.29) is 5.91 Å². The first-order chi connectivity index (χ1) is 14.7. The third-order valence-corrected chi connectivity index (χ3v) is 6.23. The van der Waals surface area contributed by atoms with E-state index < -0.39 is 0 Å². The van der Waals surface area contributed by atoms with Crippen LogP contribution in [0.1, 0.15) is 16.1 Å². The normalized spacial score (nSPS) is 14.6. The monoisotopic (exact) mass is 422 g/mol. The van der Waals surface area contributed by atoms with Gasteiger partial charge in [0.25, 0.3) is 0 Å². The number of carbonyl (C=O) groups excluding carboxylic acids is 1. The van der Waals surface area contributed by atoms with Gasteiger partial charge < -0.3 is 9.80 Å². The number of rotatable bonds is 7. The van der Waals surface area contributed by atoms with Crippen molar-refractivity contribution < 1.29 is 4.79 Å². The molecular formula is C22H26N6OS. The zero-order chi connectivity index (χ0) is 20.8. The van der Waals surface area contributed by atoms with E-state index in [1.165, 1.54) is 0 Å². The van der Waals surface area contributed by atoms with Crippen molar-refractivity contribution in [2.75, 3.05) is 37.6 Å². The number of anilines is 1. The molecule has 0 spiro atoms. The molecule has 1 fully saturated rings. The van der Waals surface area contributed by atoms with Crippen molar-refractivity contribution in [2.45, 2.75) is 20.0 Å². The second kappa shape index (κ2) is 9.77. The number of hydrogen-bond acceptors (Lipinski definition) is 7. The van der Waals surface area contributed by atoms with Crippen LogP contribution in [-0.4, -0.2) is 63.4 Å². The molecule has 4 rings (SSSR count). The lowest BCUT2D eigenvalue weighted by molar-refractivity contribution is -0.133. The van der Waals surface area contributed by atoms with Crippen LogP contribution >= 0.6 is 11.3 Å². The molecule has 0 atom stereocenters. The van der Waals surface area contributed by atoms with Crippen LogP contribution in [0.4, 0.5) is 5.95 Å². The molecule has 1 saturated heterocycles. The summed E-state index contributed by atoms with van der Waals surface area (Å²) in [6.07, 6.45) is 3.53. The van der Waals surface area contributed by atoms with Crippen molar-refractivity contribution in [1.82, 2.24) is 24.8 Å². The van der Waals surface area contributed by atoms with E-state index in [1.807, 2.05) is 41.6 Å². The highest BCUT2D eigenvalue weighted by atomic mass is 32.1. The molecule has 3 aromatic rings. The Morgan fingerprint density at radius 1 is 1.00 bits per heavy atom. The third-order valence-electron chi connectivity index (χ3n) is 5.31. The Hall–Kier alpha value is -2.84. The van der Waals surface area contributed by atoms with Crippen molar-refractivity contribution in [2.24, 2.45) is 0 Å². The SMILES string of the molecule is Cc1ncsc1CN(Cc1ccccc1)C(=O)CN1CCN(c2ncccn2)CC1. The smallest absolute Gasteiger partial charge is 0.237 e. The fraction of sp³-hybridized carbons (Fsp3) is 0.364. The Bertz CT molecular complexity index is 941. The lowest BCUT2D eigenvalue weighted by Gasteiger charge is -2.35. The number of aromatic nitrogens is 3. The standard InChI is InChI=1S/C22H26N6OS/c1-18-20(30-17-25-18)15-28(14-19-6-3-2-4-7-19)21(29)16-26-10-12-27(13-11-26)22-23-8-5-9-24-22/h2-9,17H,10-16H2,1H3. The van der Waals surface area contributed by atoms with Crippen molar-refractivity contribution in [1.29, 1.82) is 0 Å². The summed E-state index contributed by atoms with van der Waals surface area (Å²) >= 11 is 1.61. The molecule has 8 heteroatoms. The van der Waals surface area contributed by atoms with Crippen molar-refractivity contribution in [3.63, 3.8) is 0 Å². The summed E-state index contributed by atoms with van der Waals surface area (Å²) < 4.78 is 0. The second-order valence-electron chi connectivity index (χ2n) is 7.41. The van der Waals surface area contributed by atoms with Crippen molar-refractivity contribution >= 4 is 23.2 Å². The molecule has 3 heterocycles. The van der Waals surface area contributed by atoms with E-state index in [4.69, 9.17) is 0 Å². The number of aryl methyl sites for hydroxylation is 1. The molecule has 1 amide bonds. The van der Waals surface area contributed by atoms with E-state index in [0.717, 1.165) is 48.3 Å². The zero-order valence-electron chi connectivity index (χ0n) is 17.1. The van der Waals surface area contributed by atoms with E-state index in [2.05, 4.69) is 36.9 Å². The minimum atomic E-state index is 0.149. The van der Waals surface area contributed by atoms with Crippen LogP contribution in [0.25, 0.3) is 0 Å². The first-order valence-corrected chi connectivity index (χ1v) is 11.0. The molecule has 0 radical (unpaired) electrons. The van der Waals surface area contributed by atoms with Gasteiger partial charge in [-0.3, -0.25) is 9.69 Å². The van der Waals surface area contributed by atoms with E-state index in [0.29, 0.717) is 19.6 Å². The first-order valence-electron chi connectivity index (χ1n) is 10.1. The molecular weight excluding hydrogens is 396 g/mol. The predicted octanol–water partition coefficient (Wildman–Crippen LogP) is 2.59. The number of carbonyl (C=O) groups is 1. The number of benzene rings is 1. The van der Waals surface area contributed by atoms with Gasteiger partial charge in [0, 0.05) is 50.0 Å². The van der Waals surface area contributed by atoms with Crippen LogP contribution < -0.4 is 4.90 Å². The van der Waals surface area contributed by atoms with Gasteiger partial charge in [0.05, 0.1) is 24.3 Å². The molecule has 156 valence electrons. The van der Waals surface area contributed by atoms with Gasteiger partial charge in [-0.05, 0) is 18.6 Å². The lowest BCUT2D eigenvalue weighted by Crippen LogP contribution is -2.50. The molecule has 1 aromatic carbocycles. The molecule has 0 N–H and O–H groups in total. The van der Waals surface area contributed by atoms with Crippen LogP contribution in [0.15, 0.2) is 54.3 Å². The maximum atomic E-state index is 13.2. The van der Waals surface area contributed by atoms with Gasteiger partial charge in [0.2, 0.25) is 11.9 Å². The van der Waals surface area contributed by atoms with Gasteiger partial charge in [-0.1, -0.05) is 30.3 Å². The van der Waals surface area contributed by atoms with Crippen LogP contribution in [0.2, 0.25) is 0 Å². The minimum Gasteiger partial charge on any atom is -0.338 e. The summed E-state index contributed by atoms with van der Waals surface area (Å²) in [5.74, 6) is 0.908. The highest BCUT2D eigenvalue weighted by molar-refractivity contribution is 7.09. The Kier molecular flexibility index (Phi) is 6.66. The number of hydrogen-bond donors (Lipinski definition) is 0. The average molecular weight is 423 g/mol. The summed E-state index contributed by atoms with van der Waals surface area (Å²) in [4.78, 5) is 33.7. The van der Waals surface area contributed by atoms with Crippen LogP contribution in [0.5, 0.6) is 0 Å². The highest BCUT2D eigenvalue weighted by Crippen LogP contribution is 2.18. The molecule has 1 aliphatic rings. The molecule has 30 heavy (non-hydrogen) atoms. The van der Waals surface area contributed by atoms with E-state index >= 15 is 0 Å². The summed E-state index contributed by atoms with van der Waals surface area (Å²) in [6, 6.07) is 12.0. The Labute approximate surface area is 181 Å². The van der Waals surface area contributed by atoms with E-state index in [9.17, 15) is 4.79 Å². The summed E-state index contributed by atoms with van der Waals surface area (Å²) in [7, 11) is 0. The Morgan fingerprint density at radius 2 is 1.73 bits per heavy atom. The Morgan fingerprint density at radius 3 is 2.40 bits per heavy atom. The molecule has 0 bridgehead atoms. The maximum absolute atomic E-state index is 13.2. The number of piperazine rings is 1. The fourth-order valence-electron chi connectivity index (χ4n) is 3.54. The quantitative estimate of drug-likeness (QED) is 0.583. The summed E-state index contributed by atoms with van der Waals surface area (Å²) in [6.45, 7) is 6.92. The average Bonchev–Trinajstić information content (AvgIpc) is 3.19. The van der Waals surface area contributed by atoms with Gasteiger partial charge in [-0.25, -0.2) is 15.0 Å². The van der Waals surface area contributed by atoms with E-state index in [1.54, 1.807) is 23.7 Å². The minimum absolute atomic E-state index is 0.149. The summed E-state index contributed by atoms with van der Waals surface area (Å²) in [5.41, 5.74) is 3.99. The maximum Gasteiger partial charge on any atom is 0.237 e. The third kappa shape index (κ3) is 5.20. The first kappa shape index (κ1) is 20.4. The topological polar surface area (TPSA) is 65.5 Å². The molecule has 1 aliphatic heterocycles.